The van der Waals surface area contributed by atoms with Gasteiger partial charge in [0.15, 0.2) is 30.7 Å². The zero-order chi connectivity index (χ0) is 40.8. The number of allylic oxidation sites excluding steroid dienone is 1. The van der Waals surface area contributed by atoms with Gasteiger partial charge in [0.25, 0.3) is 0 Å². The molecule has 2 fully saturated rings. The lowest BCUT2D eigenvalue weighted by molar-refractivity contribution is -0.138. The van der Waals surface area contributed by atoms with Crippen LogP contribution in [0.3, 0.4) is 0 Å². The van der Waals surface area contributed by atoms with Crippen LogP contribution in [0.2, 0.25) is 54.4 Å². The van der Waals surface area contributed by atoms with Crippen molar-refractivity contribution in [2.45, 2.75) is 167 Å². The molecule has 53 heavy (non-hydrogen) atoms. The minimum absolute atomic E-state index is 0.00327. The highest BCUT2D eigenvalue weighted by Gasteiger charge is 2.70. The molecule has 3 rings (SSSR count). The molecule has 12 heteroatoms. The molecule has 0 radical (unpaired) electrons. The SMILES string of the molecule is COCO[C@@H]([C@H](C)/C=C(\C)[C@@]12C=CC(=O)[C@H]3[C@@H](O1)[C@H](O[Si](C)(C)C(C)(C)C)[C@H](COC)[C@@H](O[Si](C)(C)C(C)(C)C)[C@H]32)[C@H](COC)O[Si](C)(C)C(C)(C)C. The van der Waals surface area contributed by atoms with Crippen LogP contribution < -0.4 is 0 Å². The molecule has 0 aromatic rings. The summed E-state index contributed by atoms with van der Waals surface area (Å²) in [7, 11) is -1.80. The van der Waals surface area contributed by atoms with E-state index in [-0.39, 0.29) is 69.9 Å². The summed E-state index contributed by atoms with van der Waals surface area (Å²) in [6, 6.07) is 0. The van der Waals surface area contributed by atoms with E-state index in [0.29, 0.717) is 13.2 Å². The van der Waals surface area contributed by atoms with Crippen molar-refractivity contribution in [3.05, 3.63) is 23.8 Å². The van der Waals surface area contributed by atoms with Crippen LogP contribution in [0.4, 0.5) is 0 Å². The predicted octanol–water partition coefficient (Wildman–Crippen LogP) is 9.16. The van der Waals surface area contributed by atoms with Gasteiger partial charge in [-0.15, -0.1) is 0 Å². The van der Waals surface area contributed by atoms with Crippen LogP contribution in [-0.2, 0) is 41.8 Å². The van der Waals surface area contributed by atoms with Crippen LogP contribution >= 0.6 is 0 Å². The Morgan fingerprint density at radius 1 is 0.830 bits per heavy atom. The summed E-state index contributed by atoms with van der Waals surface area (Å²) >= 11 is 0. The number of carbonyl (C=O) groups excluding carboxylic acids is 1. The van der Waals surface area contributed by atoms with Crippen LogP contribution in [0, 0.1) is 23.7 Å². The van der Waals surface area contributed by atoms with Crippen molar-refractivity contribution in [3.8, 4) is 0 Å². The van der Waals surface area contributed by atoms with Gasteiger partial charge < -0.3 is 37.0 Å². The quantitative estimate of drug-likeness (QED) is 0.0812. The lowest BCUT2D eigenvalue weighted by atomic mass is 9.60. The van der Waals surface area contributed by atoms with Crippen molar-refractivity contribution >= 4 is 30.7 Å². The summed E-state index contributed by atoms with van der Waals surface area (Å²) in [6.07, 6.45) is 4.19. The fourth-order valence-electron chi connectivity index (χ4n) is 7.57. The van der Waals surface area contributed by atoms with Gasteiger partial charge >= 0.3 is 0 Å². The van der Waals surface area contributed by atoms with Crippen molar-refractivity contribution in [1.29, 1.82) is 0 Å². The van der Waals surface area contributed by atoms with Gasteiger partial charge in [-0.25, -0.2) is 0 Å². The second-order valence-corrected chi connectivity index (χ2v) is 34.9. The molecule has 0 spiro atoms. The number of rotatable bonds is 17. The van der Waals surface area contributed by atoms with Gasteiger partial charge in [0.05, 0.1) is 49.7 Å². The van der Waals surface area contributed by atoms with Gasteiger partial charge in [-0.3, -0.25) is 4.79 Å². The summed E-state index contributed by atoms with van der Waals surface area (Å²) in [4.78, 5) is 14.2. The number of ketones is 1. The highest BCUT2D eigenvalue weighted by atomic mass is 28.4. The molecule has 1 saturated carbocycles. The minimum Gasteiger partial charge on any atom is -0.413 e. The molecular formula is C41H78O9Si3. The van der Waals surface area contributed by atoms with Gasteiger partial charge in [-0.2, -0.15) is 0 Å². The monoisotopic (exact) mass is 798 g/mol. The molecule has 0 N–H and O–H groups in total. The first kappa shape index (κ1) is 46.9. The first-order valence-corrected chi connectivity index (χ1v) is 28.5. The van der Waals surface area contributed by atoms with Gasteiger partial charge in [0.2, 0.25) is 0 Å². The average molecular weight is 799 g/mol. The maximum Gasteiger partial charge on any atom is 0.192 e. The third-order valence-corrected chi connectivity index (χ3v) is 27.2. The second kappa shape index (κ2) is 16.8. The summed E-state index contributed by atoms with van der Waals surface area (Å²) < 4.78 is 52.9. The smallest absolute Gasteiger partial charge is 0.192 e. The van der Waals surface area contributed by atoms with E-state index in [0.717, 1.165) is 5.57 Å². The van der Waals surface area contributed by atoms with E-state index >= 15 is 0 Å². The Morgan fingerprint density at radius 3 is 1.83 bits per heavy atom. The summed E-state index contributed by atoms with van der Waals surface area (Å²) in [5, 5.41) is -0.0907. The molecule has 1 saturated heterocycles. The molecule has 0 amide bonds. The van der Waals surface area contributed by atoms with Crippen LogP contribution in [0.5, 0.6) is 0 Å². The Bertz CT molecular complexity index is 1310. The molecule has 2 aliphatic carbocycles. The molecular weight excluding hydrogens is 721 g/mol. The topological polar surface area (TPSA) is 90.9 Å². The molecule has 308 valence electrons. The Kier molecular flexibility index (Phi) is 14.8. The molecule has 0 aromatic heterocycles. The van der Waals surface area contributed by atoms with E-state index in [2.05, 4.69) is 122 Å². The fraction of sp³-hybridized carbons (Fsp3) is 0.878. The largest absolute Gasteiger partial charge is 0.413 e. The zero-order valence-electron chi connectivity index (χ0n) is 37.2. The predicted molar refractivity (Wildman–Crippen MR) is 222 cm³/mol. The molecule has 3 aliphatic rings. The van der Waals surface area contributed by atoms with Crippen LogP contribution in [0.25, 0.3) is 0 Å². The number of hydrogen-bond donors (Lipinski definition) is 0. The Hall–Kier alpha value is -0.519. The molecule has 4 bridgehead atoms. The van der Waals surface area contributed by atoms with Crippen LogP contribution in [0.1, 0.15) is 76.2 Å². The van der Waals surface area contributed by atoms with Gasteiger partial charge in [-0.05, 0) is 79.0 Å². The first-order chi connectivity index (χ1) is 24.0. The van der Waals surface area contributed by atoms with Crippen molar-refractivity contribution in [2.75, 3.05) is 41.3 Å². The van der Waals surface area contributed by atoms with E-state index in [1.54, 1.807) is 27.4 Å². The Balaban J connectivity index is 2.24. The van der Waals surface area contributed by atoms with Crippen molar-refractivity contribution in [2.24, 2.45) is 23.7 Å². The van der Waals surface area contributed by atoms with E-state index in [4.69, 9.17) is 37.0 Å². The van der Waals surface area contributed by atoms with Crippen molar-refractivity contribution in [1.82, 2.24) is 0 Å². The number of hydrogen-bond acceptors (Lipinski definition) is 9. The van der Waals surface area contributed by atoms with Crippen molar-refractivity contribution < 1.29 is 41.8 Å². The van der Waals surface area contributed by atoms with Gasteiger partial charge in [0, 0.05) is 39.1 Å². The highest BCUT2D eigenvalue weighted by molar-refractivity contribution is 6.75. The van der Waals surface area contributed by atoms with Crippen LogP contribution in [-0.4, -0.2) is 108 Å². The molecule has 1 heterocycles. The van der Waals surface area contributed by atoms with Crippen LogP contribution in [0.15, 0.2) is 23.8 Å². The number of methoxy groups -OCH3 is 3. The number of carbonyl (C=O) groups is 1. The third-order valence-electron chi connectivity index (χ3n) is 13.7. The normalized spacial score (nSPS) is 30.5. The van der Waals surface area contributed by atoms with Crippen molar-refractivity contribution in [3.63, 3.8) is 0 Å². The highest BCUT2D eigenvalue weighted by Crippen LogP contribution is 2.60. The molecule has 0 aromatic carbocycles. The van der Waals surface area contributed by atoms with Gasteiger partial charge in [-0.1, -0.05) is 75.3 Å². The maximum atomic E-state index is 14.2. The standard InChI is InChI=1S/C41H78O9Si3/c1-27(34(46-26-45-14)31(25-44-13)48-51(15,16)38(3,4)5)23-28(2)41-22-21-30(42)32-33(41)35(49-52(17,18)39(6,7)8)29(24-43-12)36(37(32)47-41)50-53(19,20)40(9,10)11/h21-23,27,29,31-37H,24-26H2,1-20H3/b28-23+/t27-,29-,31+,32-,33+,34+,35-,36-,37-,41-/m1/s1. The lowest BCUT2D eigenvalue weighted by Gasteiger charge is -2.53. The Morgan fingerprint density at radius 2 is 1.36 bits per heavy atom. The first-order valence-electron chi connectivity index (χ1n) is 19.7. The molecule has 0 unspecified atom stereocenters. The summed E-state index contributed by atoms with van der Waals surface area (Å²) in [5.74, 6) is -0.810. The lowest BCUT2D eigenvalue weighted by Crippen LogP contribution is -2.63. The fourth-order valence-corrected chi connectivity index (χ4v) is 11.6. The van der Waals surface area contributed by atoms with E-state index in [1.165, 1.54) is 0 Å². The summed E-state index contributed by atoms with van der Waals surface area (Å²) in [6.45, 7) is 39.2. The minimum atomic E-state index is -2.36. The van der Waals surface area contributed by atoms with E-state index in [1.807, 2.05) is 6.08 Å². The maximum absolute atomic E-state index is 14.2. The molecule has 10 atom stereocenters. The number of ether oxygens (including phenoxy) is 5. The average Bonchev–Trinajstić information content (AvgIpc) is 3.20. The van der Waals surface area contributed by atoms with Gasteiger partial charge in [0.1, 0.15) is 12.4 Å². The third kappa shape index (κ3) is 9.62. The molecule has 9 nitrogen and oxygen atoms in total. The summed E-state index contributed by atoms with van der Waals surface area (Å²) in [5.41, 5.74) is 0.138. The molecule has 1 aliphatic heterocycles. The second-order valence-electron chi connectivity index (χ2n) is 20.6. The van der Waals surface area contributed by atoms with E-state index < -0.39 is 42.6 Å². The Labute approximate surface area is 327 Å². The van der Waals surface area contributed by atoms with E-state index in [9.17, 15) is 4.79 Å². The zero-order valence-corrected chi connectivity index (χ0v) is 40.2.